The van der Waals surface area contributed by atoms with E-state index in [9.17, 15) is 4.79 Å². The van der Waals surface area contributed by atoms with Crippen LogP contribution in [-0.2, 0) is 16.0 Å². The molecule has 20 heavy (non-hydrogen) atoms. The maximum absolute atomic E-state index is 11.3. The average molecular weight is 277 g/mol. The average Bonchev–Trinajstić information content (AvgIpc) is 2.50. The molecule has 0 aromatic heterocycles. The molecule has 1 aromatic rings. The van der Waals surface area contributed by atoms with E-state index in [0.29, 0.717) is 12.5 Å². The van der Waals surface area contributed by atoms with Gasteiger partial charge in [-0.15, -0.1) is 0 Å². The Labute approximate surface area is 120 Å². The van der Waals surface area contributed by atoms with Gasteiger partial charge in [0.2, 0.25) is 0 Å². The predicted octanol–water partition coefficient (Wildman–Crippen LogP) is 1.20. The molecule has 5 nitrogen and oxygen atoms in total. The molecule has 0 fully saturated rings. The number of benzene rings is 1. The Morgan fingerprint density at radius 1 is 1.30 bits per heavy atom. The molecule has 0 radical (unpaired) electrons. The molecule has 5 heteroatoms. The molecule has 0 aliphatic carbocycles. The number of aliphatic imine (C=N–C) groups is 1. The number of nitrogens with one attached hydrogen (secondary N) is 2. The zero-order valence-corrected chi connectivity index (χ0v) is 12.3. The molecule has 2 N–H and O–H groups in total. The van der Waals surface area contributed by atoms with Crippen LogP contribution in [0.4, 0.5) is 0 Å². The summed E-state index contributed by atoms with van der Waals surface area (Å²) in [5.74, 6) is 0.265. The monoisotopic (exact) mass is 277 g/mol. The van der Waals surface area contributed by atoms with E-state index in [1.165, 1.54) is 12.7 Å². The first kappa shape index (κ1) is 16.0. The van der Waals surface area contributed by atoms with Crippen LogP contribution in [0.2, 0.25) is 0 Å². The molecule has 0 spiro atoms. The van der Waals surface area contributed by atoms with Crippen LogP contribution in [0.25, 0.3) is 0 Å². The fourth-order valence-corrected chi connectivity index (χ4v) is 1.72. The molecule has 1 aromatic carbocycles. The van der Waals surface area contributed by atoms with Crippen LogP contribution in [0.3, 0.4) is 0 Å². The predicted molar refractivity (Wildman–Crippen MR) is 80.7 cm³/mol. The molecule has 1 atom stereocenters. The Balaban J connectivity index is 2.28. The van der Waals surface area contributed by atoms with Gasteiger partial charge in [0.1, 0.15) is 0 Å². The minimum absolute atomic E-state index is 0.201. The molecule has 0 aliphatic rings. The first-order valence-corrected chi connectivity index (χ1v) is 6.73. The smallest absolute Gasteiger partial charge is 0.310 e. The van der Waals surface area contributed by atoms with Crippen LogP contribution >= 0.6 is 0 Å². The van der Waals surface area contributed by atoms with E-state index in [2.05, 4.69) is 32.5 Å². The van der Waals surface area contributed by atoms with Crippen molar-refractivity contribution in [2.24, 2.45) is 10.9 Å². The van der Waals surface area contributed by atoms with Gasteiger partial charge in [0.25, 0.3) is 0 Å². The fraction of sp³-hybridized carbons (Fsp3) is 0.467. The van der Waals surface area contributed by atoms with Crippen molar-refractivity contribution in [3.05, 3.63) is 35.9 Å². The second kappa shape index (κ2) is 8.96. The highest BCUT2D eigenvalue weighted by molar-refractivity contribution is 5.80. The molecule has 0 heterocycles. The quantitative estimate of drug-likeness (QED) is 0.466. The van der Waals surface area contributed by atoms with E-state index in [4.69, 9.17) is 0 Å². The van der Waals surface area contributed by atoms with Gasteiger partial charge in [0, 0.05) is 20.1 Å². The number of nitrogens with zero attached hydrogens (tertiary/aromatic N) is 1. The van der Waals surface area contributed by atoms with E-state index in [1.807, 2.05) is 25.1 Å². The molecular weight excluding hydrogens is 254 g/mol. The third-order valence-corrected chi connectivity index (χ3v) is 2.95. The summed E-state index contributed by atoms with van der Waals surface area (Å²) in [6.07, 6.45) is 0.925. The Kier molecular flexibility index (Phi) is 7.17. The van der Waals surface area contributed by atoms with Crippen LogP contribution in [0.15, 0.2) is 35.3 Å². The summed E-state index contributed by atoms with van der Waals surface area (Å²) in [5.41, 5.74) is 1.28. The summed E-state index contributed by atoms with van der Waals surface area (Å²) in [5, 5.41) is 6.33. The number of guanidine groups is 1. The third kappa shape index (κ3) is 5.73. The lowest BCUT2D eigenvalue weighted by atomic mass is 10.1. The molecule has 1 unspecified atom stereocenters. The Morgan fingerprint density at radius 2 is 2.00 bits per heavy atom. The standard InChI is InChI=1S/C15H23N3O2/c1-12(14(19)20-3)11-18-15(16-2)17-10-9-13-7-5-4-6-8-13/h4-8,12H,9-11H2,1-3H3,(H2,16,17,18). The van der Waals surface area contributed by atoms with Crippen molar-refractivity contribution >= 4 is 11.9 Å². The first-order chi connectivity index (χ1) is 9.67. The van der Waals surface area contributed by atoms with Crippen molar-refractivity contribution in [3.8, 4) is 0 Å². The minimum Gasteiger partial charge on any atom is -0.469 e. The summed E-state index contributed by atoms with van der Waals surface area (Å²) < 4.78 is 4.68. The summed E-state index contributed by atoms with van der Waals surface area (Å²) in [6, 6.07) is 10.3. The van der Waals surface area contributed by atoms with Crippen LogP contribution in [0, 0.1) is 5.92 Å². The number of rotatable bonds is 6. The van der Waals surface area contributed by atoms with E-state index in [1.54, 1.807) is 7.05 Å². The van der Waals surface area contributed by atoms with Gasteiger partial charge in [-0.25, -0.2) is 0 Å². The lowest BCUT2D eigenvalue weighted by Crippen LogP contribution is -2.41. The van der Waals surface area contributed by atoms with E-state index < -0.39 is 0 Å². The second-order valence-electron chi connectivity index (χ2n) is 4.54. The van der Waals surface area contributed by atoms with Crippen molar-refractivity contribution in [1.29, 1.82) is 0 Å². The van der Waals surface area contributed by atoms with Crippen molar-refractivity contribution in [2.45, 2.75) is 13.3 Å². The fourth-order valence-electron chi connectivity index (χ4n) is 1.72. The van der Waals surface area contributed by atoms with Crippen LogP contribution in [0.1, 0.15) is 12.5 Å². The van der Waals surface area contributed by atoms with Gasteiger partial charge in [-0.1, -0.05) is 37.3 Å². The van der Waals surface area contributed by atoms with E-state index in [0.717, 1.165) is 13.0 Å². The van der Waals surface area contributed by atoms with Gasteiger partial charge in [-0.2, -0.15) is 0 Å². The van der Waals surface area contributed by atoms with Crippen LogP contribution < -0.4 is 10.6 Å². The molecule has 0 bridgehead atoms. The Morgan fingerprint density at radius 3 is 2.60 bits per heavy atom. The highest BCUT2D eigenvalue weighted by Crippen LogP contribution is 1.98. The second-order valence-corrected chi connectivity index (χ2v) is 4.54. The maximum Gasteiger partial charge on any atom is 0.310 e. The molecule has 110 valence electrons. The number of ether oxygens (including phenoxy) is 1. The van der Waals surface area contributed by atoms with Crippen molar-refractivity contribution in [2.75, 3.05) is 27.2 Å². The number of hydrogen-bond donors (Lipinski definition) is 2. The molecule has 0 saturated carbocycles. The molecule has 0 aliphatic heterocycles. The molecular formula is C15H23N3O2. The maximum atomic E-state index is 11.3. The lowest BCUT2D eigenvalue weighted by Gasteiger charge is -2.14. The SMILES string of the molecule is CN=C(NCCc1ccccc1)NCC(C)C(=O)OC. The number of hydrogen-bond acceptors (Lipinski definition) is 3. The first-order valence-electron chi connectivity index (χ1n) is 6.73. The van der Waals surface area contributed by atoms with Gasteiger partial charge < -0.3 is 15.4 Å². The van der Waals surface area contributed by atoms with Crippen LogP contribution in [-0.4, -0.2) is 39.2 Å². The van der Waals surface area contributed by atoms with Crippen molar-refractivity contribution < 1.29 is 9.53 Å². The number of methoxy groups -OCH3 is 1. The van der Waals surface area contributed by atoms with Gasteiger partial charge in [-0.05, 0) is 12.0 Å². The summed E-state index contributed by atoms with van der Waals surface area (Å²) in [6.45, 7) is 3.10. The highest BCUT2D eigenvalue weighted by Gasteiger charge is 2.12. The third-order valence-electron chi connectivity index (χ3n) is 2.95. The van der Waals surface area contributed by atoms with E-state index in [-0.39, 0.29) is 11.9 Å². The highest BCUT2D eigenvalue weighted by atomic mass is 16.5. The summed E-state index contributed by atoms with van der Waals surface area (Å²) in [4.78, 5) is 15.4. The molecule has 1 rings (SSSR count). The van der Waals surface area contributed by atoms with Gasteiger partial charge in [-0.3, -0.25) is 9.79 Å². The number of carbonyl (C=O) groups is 1. The zero-order valence-electron chi connectivity index (χ0n) is 12.3. The lowest BCUT2D eigenvalue weighted by molar-refractivity contribution is -0.144. The largest absolute Gasteiger partial charge is 0.469 e. The van der Waals surface area contributed by atoms with Gasteiger partial charge >= 0.3 is 5.97 Å². The molecule has 0 amide bonds. The van der Waals surface area contributed by atoms with Crippen molar-refractivity contribution in [3.63, 3.8) is 0 Å². The minimum atomic E-state index is -0.225. The van der Waals surface area contributed by atoms with Crippen LogP contribution in [0.5, 0.6) is 0 Å². The van der Waals surface area contributed by atoms with Gasteiger partial charge in [0.15, 0.2) is 5.96 Å². The normalized spacial score (nSPS) is 12.7. The van der Waals surface area contributed by atoms with Crippen molar-refractivity contribution in [1.82, 2.24) is 10.6 Å². The Hall–Kier alpha value is -2.04. The van der Waals surface area contributed by atoms with E-state index >= 15 is 0 Å². The summed E-state index contributed by atoms with van der Waals surface area (Å²) >= 11 is 0. The zero-order chi connectivity index (χ0) is 14.8. The summed E-state index contributed by atoms with van der Waals surface area (Å²) in [7, 11) is 3.10. The Bertz CT molecular complexity index is 432. The topological polar surface area (TPSA) is 62.7 Å². The molecule has 0 saturated heterocycles. The number of esters is 1. The van der Waals surface area contributed by atoms with Gasteiger partial charge in [0.05, 0.1) is 13.0 Å². The number of carbonyl (C=O) groups excluding carboxylic acids is 1.